The van der Waals surface area contributed by atoms with Crippen LogP contribution in [0.5, 0.6) is 11.5 Å². The molecule has 2 amide bonds. The van der Waals surface area contributed by atoms with Crippen molar-refractivity contribution in [1.82, 2.24) is 10.2 Å². The van der Waals surface area contributed by atoms with Gasteiger partial charge in [0.2, 0.25) is 28.6 Å². The highest BCUT2D eigenvalue weighted by atomic mass is 32.2. The molecule has 0 saturated heterocycles. The molecule has 1 fully saturated rings. The van der Waals surface area contributed by atoms with Crippen LogP contribution in [0.1, 0.15) is 57.4 Å². The van der Waals surface area contributed by atoms with E-state index in [2.05, 4.69) is 5.32 Å². The van der Waals surface area contributed by atoms with Gasteiger partial charge in [0.1, 0.15) is 11.9 Å². The van der Waals surface area contributed by atoms with Gasteiger partial charge in [0, 0.05) is 31.6 Å². The van der Waals surface area contributed by atoms with E-state index in [0.717, 1.165) is 31.9 Å². The molecule has 212 valence electrons. The van der Waals surface area contributed by atoms with E-state index in [9.17, 15) is 22.4 Å². The van der Waals surface area contributed by atoms with E-state index in [-0.39, 0.29) is 56.4 Å². The van der Waals surface area contributed by atoms with E-state index in [1.807, 2.05) is 6.92 Å². The zero-order valence-electron chi connectivity index (χ0n) is 22.4. The number of benzene rings is 2. The fourth-order valence-electron chi connectivity index (χ4n) is 5.12. The Hall–Kier alpha value is -3.34. The number of hydrogen-bond acceptors (Lipinski definition) is 6. The molecule has 0 aromatic heterocycles. The van der Waals surface area contributed by atoms with Gasteiger partial charge in [-0.25, -0.2) is 12.8 Å². The van der Waals surface area contributed by atoms with Crippen LogP contribution in [0.2, 0.25) is 0 Å². The molecule has 1 aliphatic heterocycles. The standard InChI is InChI=1S/C28H36FN3O6S/c1-3-24(28(34)30-22-7-4-5-8-22)31(18-20-10-12-21(29)13-11-20)27(33)9-6-16-32(39(2,35)36)23-14-15-25-26(17-23)38-19-37-25/h10-15,17,22,24H,3-9,16,18-19H2,1-2H3,(H,30,34)/t24-/m0/s1. The quantitative estimate of drug-likeness (QED) is 0.421. The lowest BCUT2D eigenvalue weighted by atomic mass is 10.1. The number of nitrogens with one attached hydrogen (secondary N) is 1. The summed E-state index contributed by atoms with van der Waals surface area (Å²) in [6.07, 6.45) is 5.79. The Bertz CT molecular complexity index is 1260. The van der Waals surface area contributed by atoms with Gasteiger partial charge >= 0.3 is 0 Å². The molecule has 4 rings (SSSR count). The third-order valence-corrected chi connectivity index (χ3v) is 8.34. The van der Waals surface area contributed by atoms with Crippen molar-refractivity contribution in [3.63, 3.8) is 0 Å². The largest absolute Gasteiger partial charge is 0.454 e. The Balaban J connectivity index is 1.47. The van der Waals surface area contributed by atoms with Gasteiger partial charge < -0.3 is 19.7 Å². The topological polar surface area (TPSA) is 105 Å². The molecule has 1 aliphatic carbocycles. The lowest BCUT2D eigenvalue weighted by molar-refractivity contribution is -0.141. The van der Waals surface area contributed by atoms with Crippen LogP contribution in [0, 0.1) is 5.82 Å². The van der Waals surface area contributed by atoms with Crippen LogP contribution in [-0.4, -0.2) is 56.8 Å². The first-order valence-electron chi connectivity index (χ1n) is 13.4. The molecule has 2 aromatic rings. The summed E-state index contributed by atoms with van der Waals surface area (Å²) in [5.74, 6) is 0.152. The minimum Gasteiger partial charge on any atom is -0.454 e. The Morgan fingerprint density at radius 2 is 1.77 bits per heavy atom. The molecule has 2 aromatic carbocycles. The van der Waals surface area contributed by atoms with Crippen molar-refractivity contribution in [2.45, 2.75) is 70.5 Å². The first-order chi connectivity index (χ1) is 18.7. The minimum absolute atomic E-state index is 0.0327. The maximum atomic E-state index is 13.5. The van der Waals surface area contributed by atoms with E-state index in [4.69, 9.17) is 9.47 Å². The fourth-order valence-corrected chi connectivity index (χ4v) is 6.08. The average Bonchev–Trinajstić information content (AvgIpc) is 3.58. The zero-order chi connectivity index (χ0) is 28.0. The molecule has 1 heterocycles. The molecular weight excluding hydrogens is 525 g/mol. The highest BCUT2D eigenvalue weighted by molar-refractivity contribution is 7.92. The summed E-state index contributed by atoms with van der Waals surface area (Å²) in [6, 6.07) is 10.2. The first kappa shape index (κ1) is 28.7. The molecule has 39 heavy (non-hydrogen) atoms. The summed E-state index contributed by atoms with van der Waals surface area (Å²) in [7, 11) is -3.64. The molecule has 0 bridgehead atoms. The molecule has 1 atom stereocenters. The first-order valence-corrected chi connectivity index (χ1v) is 15.2. The minimum atomic E-state index is -3.64. The molecule has 1 saturated carbocycles. The van der Waals surface area contributed by atoms with E-state index >= 15 is 0 Å². The van der Waals surface area contributed by atoms with Crippen LogP contribution in [0.25, 0.3) is 0 Å². The predicted octanol–water partition coefficient (Wildman–Crippen LogP) is 3.97. The van der Waals surface area contributed by atoms with Crippen LogP contribution in [0.4, 0.5) is 10.1 Å². The van der Waals surface area contributed by atoms with Crippen LogP contribution in [0.15, 0.2) is 42.5 Å². The van der Waals surface area contributed by atoms with Crippen LogP contribution in [-0.2, 0) is 26.2 Å². The molecule has 0 unspecified atom stereocenters. The number of anilines is 1. The van der Waals surface area contributed by atoms with E-state index in [1.54, 1.807) is 30.3 Å². The van der Waals surface area contributed by atoms with Gasteiger partial charge in [-0.3, -0.25) is 13.9 Å². The van der Waals surface area contributed by atoms with Crippen molar-refractivity contribution >= 4 is 27.5 Å². The Labute approximate surface area is 229 Å². The average molecular weight is 562 g/mol. The summed E-state index contributed by atoms with van der Waals surface area (Å²) in [5.41, 5.74) is 1.12. The number of hydrogen-bond donors (Lipinski definition) is 1. The number of ether oxygens (including phenoxy) is 2. The van der Waals surface area contributed by atoms with Crippen LogP contribution >= 0.6 is 0 Å². The number of carbonyl (C=O) groups is 2. The fraction of sp³-hybridized carbons (Fsp3) is 0.500. The second kappa shape index (κ2) is 12.7. The number of amides is 2. The molecular formula is C28H36FN3O6S. The monoisotopic (exact) mass is 561 g/mol. The van der Waals surface area contributed by atoms with Crippen molar-refractivity contribution in [3.8, 4) is 11.5 Å². The van der Waals surface area contributed by atoms with Crippen molar-refractivity contribution in [1.29, 1.82) is 0 Å². The summed E-state index contributed by atoms with van der Waals surface area (Å²) >= 11 is 0. The smallest absolute Gasteiger partial charge is 0.243 e. The van der Waals surface area contributed by atoms with Crippen molar-refractivity contribution in [2.75, 3.05) is 23.9 Å². The molecule has 0 radical (unpaired) electrons. The second-order valence-electron chi connectivity index (χ2n) is 10.0. The number of fused-ring (bicyclic) bond motifs is 1. The second-order valence-corrected chi connectivity index (χ2v) is 11.9. The predicted molar refractivity (Wildman–Crippen MR) is 145 cm³/mol. The third-order valence-electron chi connectivity index (χ3n) is 7.15. The van der Waals surface area contributed by atoms with Gasteiger partial charge in [-0.15, -0.1) is 0 Å². The SMILES string of the molecule is CC[C@@H](C(=O)NC1CCCC1)N(Cc1ccc(F)cc1)C(=O)CCCN(c1ccc2c(c1)OCO2)S(C)(=O)=O. The van der Waals surface area contributed by atoms with Crippen LogP contribution < -0.4 is 19.1 Å². The number of nitrogens with zero attached hydrogens (tertiary/aromatic N) is 2. The number of sulfonamides is 1. The normalized spacial score (nSPS) is 15.7. The Morgan fingerprint density at radius 1 is 1.08 bits per heavy atom. The number of rotatable bonds is 12. The maximum Gasteiger partial charge on any atom is 0.243 e. The molecule has 2 aliphatic rings. The lowest BCUT2D eigenvalue weighted by Crippen LogP contribution is -2.51. The summed E-state index contributed by atoms with van der Waals surface area (Å²) in [5, 5.41) is 3.09. The number of carbonyl (C=O) groups excluding carboxylic acids is 2. The lowest BCUT2D eigenvalue weighted by Gasteiger charge is -2.32. The van der Waals surface area contributed by atoms with Crippen molar-refractivity contribution in [3.05, 3.63) is 53.8 Å². The molecule has 0 spiro atoms. The van der Waals surface area contributed by atoms with Crippen LogP contribution in [0.3, 0.4) is 0 Å². The van der Waals surface area contributed by atoms with Crippen molar-refractivity contribution in [2.24, 2.45) is 0 Å². The van der Waals surface area contributed by atoms with Crippen molar-refractivity contribution < 1.29 is 31.9 Å². The van der Waals surface area contributed by atoms with Gasteiger partial charge in [0.05, 0.1) is 11.9 Å². The van der Waals surface area contributed by atoms with Gasteiger partial charge in [-0.05, 0) is 55.5 Å². The molecule has 9 nitrogen and oxygen atoms in total. The molecule has 11 heteroatoms. The summed E-state index contributed by atoms with van der Waals surface area (Å²) in [4.78, 5) is 28.3. The Morgan fingerprint density at radius 3 is 2.44 bits per heavy atom. The van der Waals surface area contributed by atoms with Gasteiger partial charge in [-0.1, -0.05) is 31.9 Å². The van der Waals surface area contributed by atoms with Gasteiger partial charge in [0.15, 0.2) is 11.5 Å². The van der Waals surface area contributed by atoms with E-state index < -0.39 is 16.1 Å². The highest BCUT2D eigenvalue weighted by Gasteiger charge is 2.31. The maximum absolute atomic E-state index is 13.5. The summed E-state index contributed by atoms with van der Waals surface area (Å²) < 4.78 is 50.6. The summed E-state index contributed by atoms with van der Waals surface area (Å²) in [6.45, 7) is 2.14. The van der Waals surface area contributed by atoms with E-state index in [1.165, 1.54) is 21.3 Å². The Kier molecular flexibility index (Phi) is 9.32. The van der Waals surface area contributed by atoms with E-state index in [0.29, 0.717) is 29.2 Å². The molecule has 1 N–H and O–H groups in total. The highest BCUT2D eigenvalue weighted by Crippen LogP contribution is 2.36. The van der Waals surface area contributed by atoms with Gasteiger partial charge in [-0.2, -0.15) is 0 Å². The third kappa shape index (κ3) is 7.40. The zero-order valence-corrected chi connectivity index (χ0v) is 23.2. The van der Waals surface area contributed by atoms with Gasteiger partial charge in [0.25, 0.3) is 0 Å². The number of halogens is 1.